The largest absolute Gasteiger partial charge is 0.493 e. The SMILES string of the molecule is CCC(C)(C)c1cc(NC(=O)Nc2ccc(Oc3ccnc(Nc4cc(C#N)cc(OCCCN5CCOCC5)c4)c3)c3ccccc23)c(OC)c(S(C)=O)c1. The number of morpholine rings is 1. The minimum Gasteiger partial charge on any atom is -0.493 e. The van der Waals surface area contributed by atoms with Gasteiger partial charge in [-0.2, -0.15) is 5.26 Å². The number of ether oxygens (including phenoxy) is 4. The molecule has 0 radical (unpaired) electrons. The van der Waals surface area contributed by atoms with E-state index in [0.717, 1.165) is 62.0 Å². The van der Waals surface area contributed by atoms with E-state index in [4.69, 9.17) is 18.9 Å². The van der Waals surface area contributed by atoms with Gasteiger partial charge in [-0.1, -0.05) is 45.0 Å². The number of nitrogens with one attached hydrogen (secondary N) is 3. The molecule has 6 rings (SSSR count). The van der Waals surface area contributed by atoms with Crippen LogP contribution in [0.1, 0.15) is 44.7 Å². The molecule has 292 valence electrons. The Labute approximate surface area is 330 Å². The Hall–Kier alpha value is -5.68. The van der Waals surface area contributed by atoms with E-state index in [2.05, 4.69) is 52.7 Å². The zero-order valence-electron chi connectivity index (χ0n) is 32.4. The summed E-state index contributed by atoms with van der Waals surface area (Å²) in [5.41, 5.74) is 2.87. The average Bonchev–Trinajstić information content (AvgIpc) is 3.20. The van der Waals surface area contributed by atoms with Crippen LogP contribution in [-0.2, 0) is 21.0 Å². The second kappa shape index (κ2) is 18.3. The molecule has 2 amide bonds. The first-order valence-electron chi connectivity index (χ1n) is 18.6. The number of amides is 2. The number of hydrogen-bond acceptors (Lipinski definition) is 10. The molecule has 12 nitrogen and oxygen atoms in total. The molecule has 1 aliphatic rings. The van der Waals surface area contributed by atoms with Crippen molar-refractivity contribution < 1.29 is 28.0 Å². The number of anilines is 4. The summed E-state index contributed by atoms with van der Waals surface area (Å²) in [6, 6.07) is 25.6. The topological polar surface area (TPSA) is 147 Å². The Kier molecular flexibility index (Phi) is 13.1. The lowest BCUT2D eigenvalue weighted by Gasteiger charge is -2.26. The molecule has 13 heteroatoms. The Morgan fingerprint density at radius 1 is 0.982 bits per heavy atom. The fraction of sp³-hybridized carbons (Fsp3) is 0.326. The molecular formula is C43H48N6O6S. The van der Waals surface area contributed by atoms with Gasteiger partial charge in [0.25, 0.3) is 0 Å². The number of carbonyl (C=O) groups excluding carboxylic acids is 1. The van der Waals surface area contributed by atoms with Crippen LogP contribution in [0.5, 0.6) is 23.0 Å². The van der Waals surface area contributed by atoms with Crippen molar-refractivity contribution in [1.82, 2.24) is 9.88 Å². The molecule has 0 aliphatic carbocycles. The van der Waals surface area contributed by atoms with E-state index in [1.165, 1.54) is 7.11 Å². The van der Waals surface area contributed by atoms with Gasteiger partial charge in [0.1, 0.15) is 23.1 Å². The number of benzene rings is 4. The van der Waals surface area contributed by atoms with Crippen LogP contribution in [0, 0.1) is 11.3 Å². The summed E-state index contributed by atoms with van der Waals surface area (Å²) in [4.78, 5) is 20.9. The molecule has 2 heterocycles. The quantitative estimate of drug-likeness (QED) is 0.0882. The first-order valence-corrected chi connectivity index (χ1v) is 20.2. The van der Waals surface area contributed by atoms with Crippen molar-refractivity contribution in [2.45, 2.75) is 43.9 Å². The van der Waals surface area contributed by atoms with Gasteiger partial charge in [-0.3, -0.25) is 9.11 Å². The lowest BCUT2D eigenvalue weighted by Crippen LogP contribution is -2.37. The number of carbonyl (C=O) groups is 1. The van der Waals surface area contributed by atoms with E-state index in [9.17, 15) is 14.3 Å². The lowest BCUT2D eigenvalue weighted by atomic mass is 9.82. The van der Waals surface area contributed by atoms with E-state index in [1.807, 2.05) is 42.5 Å². The van der Waals surface area contributed by atoms with Crippen LogP contribution in [0.4, 0.5) is 27.7 Å². The zero-order chi connectivity index (χ0) is 39.7. The Morgan fingerprint density at radius 2 is 1.75 bits per heavy atom. The molecule has 56 heavy (non-hydrogen) atoms. The molecule has 1 unspecified atom stereocenters. The highest BCUT2D eigenvalue weighted by atomic mass is 32.2. The molecule has 1 fully saturated rings. The smallest absolute Gasteiger partial charge is 0.323 e. The monoisotopic (exact) mass is 776 g/mol. The molecule has 0 saturated carbocycles. The first-order chi connectivity index (χ1) is 27.1. The van der Waals surface area contributed by atoms with Crippen LogP contribution in [0.2, 0.25) is 0 Å². The number of nitriles is 1. The van der Waals surface area contributed by atoms with Crippen molar-refractivity contribution in [2.75, 3.05) is 68.8 Å². The third-order valence-electron chi connectivity index (χ3n) is 9.87. The van der Waals surface area contributed by atoms with E-state index in [0.29, 0.717) is 62.9 Å². The molecule has 0 spiro atoms. The number of rotatable bonds is 15. The maximum absolute atomic E-state index is 13.5. The maximum atomic E-state index is 13.5. The predicted molar refractivity (Wildman–Crippen MR) is 221 cm³/mol. The molecule has 1 aliphatic heterocycles. The highest BCUT2D eigenvalue weighted by Crippen LogP contribution is 2.39. The van der Waals surface area contributed by atoms with Crippen LogP contribution >= 0.6 is 0 Å². The lowest BCUT2D eigenvalue weighted by molar-refractivity contribution is 0.0358. The summed E-state index contributed by atoms with van der Waals surface area (Å²) in [6.07, 6.45) is 4.95. The molecule has 1 saturated heterocycles. The fourth-order valence-corrected chi connectivity index (χ4v) is 7.15. The normalized spacial score (nSPS) is 13.7. The van der Waals surface area contributed by atoms with E-state index in [-0.39, 0.29) is 5.41 Å². The third-order valence-corrected chi connectivity index (χ3v) is 10.8. The Bertz CT molecular complexity index is 2250. The number of urea groups is 1. The summed E-state index contributed by atoms with van der Waals surface area (Å²) in [6.45, 7) is 11.2. The Morgan fingerprint density at radius 3 is 2.48 bits per heavy atom. The number of hydrogen-bond donors (Lipinski definition) is 3. The van der Waals surface area contributed by atoms with Crippen molar-refractivity contribution in [1.29, 1.82) is 5.26 Å². The fourth-order valence-electron chi connectivity index (χ4n) is 6.40. The van der Waals surface area contributed by atoms with Crippen LogP contribution in [0.3, 0.4) is 0 Å². The van der Waals surface area contributed by atoms with Gasteiger partial charge >= 0.3 is 6.03 Å². The molecule has 5 aromatic rings. The van der Waals surface area contributed by atoms with E-state index >= 15 is 0 Å². The molecule has 1 aromatic heterocycles. The van der Waals surface area contributed by atoms with Gasteiger partial charge in [-0.15, -0.1) is 0 Å². The van der Waals surface area contributed by atoms with E-state index < -0.39 is 16.8 Å². The number of nitrogens with zero attached hydrogens (tertiary/aromatic N) is 3. The molecule has 4 aromatic carbocycles. The number of aromatic nitrogens is 1. The Balaban J connectivity index is 1.16. The van der Waals surface area contributed by atoms with Crippen molar-refractivity contribution >= 4 is 50.5 Å². The zero-order valence-corrected chi connectivity index (χ0v) is 33.3. The van der Waals surface area contributed by atoms with Crippen LogP contribution < -0.4 is 30.2 Å². The predicted octanol–water partition coefficient (Wildman–Crippen LogP) is 8.82. The van der Waals surface area contributed by atoms with Gasteiger partial charge in [0, 0.05) is 60.7 Å². The summed E-state index contributed by atoms with van der Waals surface area (Å²) >= 11 is 0. The first kappa shape index (κ1) is 40.0. The van der Waals surface area contributed by atoms with E-state index in [1.54, 1.807) is 48.9 Å². The molecular weight excluding hydrogens is 729 g/mol. The minimum absolute atomic E-state index is 0.213. The van der Waals surface area contributed by atoms with Gasteiger partial charge in [-0.25, -0.2) is 9.78 Å². The van der Waals surface area contributed by atoms with Crippen molar-refractivity contribution in [3.05, 3.63) is 96.2 Å². The standard InChI is InChI=1S/C43H48N6O6S/c1-6-43(2,3)30-24-37(41(52-4)39(25-30)56(5)51)48-42(50)47-36-12-13-38(35-11-8-7-10-34(35)36)55-32-14-15-45-40(27-32)46-31-22-29(28-44)23-33(26-31)54-19-9-16-49-17-20-53-21-18-49/h7-8,10-15,22-27H,6,9,16-21H2,1-5H3,(H,45,46)(H2,47,48,50). The summed E-state index contributed by atoms with van der Waals surface area (Å²) in [7, 11) is 0.156. The minimum atomic E-state index is -1.35. The van der Waals surface area contributed by atoms with Gasteiger partial charge in [0.15, 0.2) is 5.75 Å². The van der Waals surface area contributed by atoms with Gasteiger partial charge < -0.3 is 34.9 Å². The number of fused-ring (bicyclic) bond motifs is 1. The molecule has 3 N–H and O–H groups in total. The van der Waals surface area contributed by atoms with Crippen LogP contribution in [0.25, 0.3) is 10.8 Å². The van der Waals surface area contributed by atoms with Crippen LogP contribution in [0.15, 0.2) is 90.0 Å². The maximum Gasteiger partial charge on any atom is 0.323 e. The van der Waals surface area contributed by atoms with Crippen molar-refractivity contribution in [3.8, 4) is 29.1 Å². The summed E-state index contributed by atoms with van der Waals surface area (Å²) in [5, 5.41) is 20.4. The third kappa shape index (κ3) is 9.94. The van der Waals surface area contributed by atoms with Gasteiger partial charge in [0.2, 0.25) is 0 Å². The average molecular weight is 777 g/mol. The number of pyridine rings is 1. The highest BCUT2D eigenvalue weighted by Gasteiger charge is 2.24. The number of methoxy groups -OCH3 is 1. The molecule has 1 atom stereocenters. The van der Waals surface area contributed by atoms with Gasteiger partial charge in [0.05, 0.1) is 65.6 Å². The van der Waals surface area contributed by atoms with Gasteiger partial charge in [-0.05, 0) is 66.3 Å². The van der Waals surface area contributed by atoms with Crippen molar-refractivity contribution in [2.24, 2.45) is 0 Å². The second-order valence-corrected chi connectivity index (χ2v) is 15.4. The van der Waals surface area contributed by atoms with Crippen molar-refractivity contribution in [3.63, 3.8) is 0 Å². The second-order valence-electron chi connectivity index (χ2n) is 14.1. The molecule has 0 bridgehead atoms. The summed E-state index contributed by atoms with van der Waals surface area (Å²) in [5.74, 6) is 2.59. The summed E-state index contributed by atoms with van der Waals surface area (Å²) < 4.78 is 36.2. The highest BCUT2D eigenvalue weighted by molar-refractivity contribution is 7.84. The van der Waals surface area contributed by atoms with Crippen LogP contribution in [-0.4, -0.2) is 72.9 Å².